The third-order valence-corrected chi connectivity index (χ3v) is 5.06. The minimum atomic E-state index is 1.00. The molecule has 2 aliphatic carbocycles. The highest BCUT2D eigenvalue weighted by Crippen LogP contribution is 2.39. The Morgan fingerprint density at radius 3 is 2.39 bits per heavy atom. The zero-order valence-corrected chi connectivity index (χ0v) is 12.5. The number of hydrogen-bond acceptors (Lipinski definition) is 0. The van der Waals surface area contributed by atoms with Crippen molar-refractivity contribution in [1.29, 1.82) is 0 Å². The lowest BCUT2D eigenvalue weighted by Crippen LogP contribution is -2.14. The molecule has 0 spiro atoms. The van der Waals surface area contributed by atoms with Crippen LogP contribution in [0.3, 0.4) is 0 Å². The van der Waals surface area contributed by atoms with Crippen LogP contribution in [0.5, 0.6) is 0 Å². The van der Waals surface area contributed by atoms with Crippen LogP contribution in [0, 0.1) is 5.92 Å². The third kappa shape index (κ3) is 4.14. The quantitative estimate of drug-likeness (QED) is 0.376. The molecule has 0 N–H and O–H groups in total. The minimum absolute atomic E-state index is 1.00. The second-order valence-electron chi connectivity index (χ2n) is 6.48. The average Bonchev–Trinajstić information content (AvgIpc) is 2.45. The van der Waals surface area contributed by atoms with Gasteiger partial charge < -0.3 is 0 Å². The van der Waals surface area contributed by atoms with Gasteiger partial charge in [0.25, 0.3) is 0 Å². The molecular formula is C18H32. The zero-order chi connectivity index (χ0) is 12.6. The summed E-state index contributed by atoms with van der Waals surface area (Å²) in [4.78, 5) is 0. The van der Waals surface area contributed by atoms with Gasteiger partial charge in [-0.05, 0) is 57.3 Å². The smallest absolute Gasteiger partial charge is 0.0201 e. The maximum Gasteiger partial charge on any atom is -0.0201 e. The Hall–Kier alpha value is -0.260. The van der Waals surface area contributed by atoms with E-state index in [0.29, 0.717) is 0 Å². The van der Waals surface area contributed by atoms with Crippen molar-refractivity contribution in [2.24, 2.45) is 5.92 Å². The molecule has 0 aromatic rings. The number of unbranched alkanes of at least 4 members (excludes halogenated alkanes) is 3. The molecule has 0 bridgehead atoms. The van der Waals surface area contributed by atoms with Crippen LogP contribution < -0.4 is 0 Å². The van der Waals surface area contributed by atoms with Gasteiger partial charge in [0.15, 0.2) is 0 Å². The predicted molar refractivity (Wildman–Crippen MR) is 80.8 cm³/mol. The van der Waals surface area contributed by atoms with Crippen LogP contribution in [0.15, 0.2) is 11.1 Å². The SMILES string of the molecule is CCCCCCC1=C(C2CCCCC2)CCCC1. The molecule has 0 amide bonds. The minimum Gasteiger partial charge on any atom is -0.0707 e. The summed E-state index contributed by atoms with van der Waals surface area (Å²) in [5, 5.41) is 0. The summed E-state index contributed by atoms with van der Waals surface area (Å²) < 4.78 is 0. The van der Waals surface area contributed by atoms with Crippen LogP contribution in [0.2, 0.25) is 0 Å². The number of allylic oxidation sites excluding steroid dienone is 2. The fourth-order valence-electron chi connectivity index (χ4n) is 3.99. The lowest BCUT2D eigenvalue weighted by atomic mass is 9.76. The molecule has 2 aliphatic rings. The molecule has 18 heavy (non-hydrogen) atoms. The maximum absolute atomic E-state index is 2.31. The predicted octanol–water partition coefficient (Wildman–Crippen LogP) is 6.41. The van der Waals surface area contributed by atoms with Crippen molar-refractivity contribution in [2.75, 3.05) is 0 Å². The Morgan fingerprint density at radius 1 is 0.833 bits per heavy atom. The molecular weight excluding hydrogens is 216 g/mol. The van der Waals surface area contributed by atoms with E-state index < -0.39 is 0 Å². The highest BCUT2D eigenvalue weighted by Gasteiger charge is 2.22. The van der Waals surface area contributed by atoms with E-state index in [4.69, 9.17) is 0 Å². The van der Waals surface area contributed by atoms with Gasteiger partial charge in [0.1, 0.15) is 0 Å². The second-order valence-corrected chi connectivity index (χ2v) is 6.48. The van der Waals surface area contributed by atoms with Crippen molar-refractivity contribution in [1.82, 2.24) is 0 Å². The van der Waals surface area contributed by atoms with Gasteiger partial charge in [-0.3, -0.25) is 0 Å². The molecule has 0 heterocycles. The monoisotopic (exact) mass is 248 g/mol. The van der Waals surface area contributed by atoms with Crippen molar-refractivity contribution in [2.45, 2.75) is 96.8 Å². The van der Waals surface area contributed by atoms with Gasteiger partial charge in [0.05, 0.1) is 0 Å². The molecule has 2 rings (SSSR count). The standard InChI is InChI=1S/C18H32/c1-2-3-4-6-11-17-14-9-10-15-18(17)16-12-7-5-8-13-16/h16H,2-15H2,1H3. The summed E-state index contributed by atoms with van der Waals surface area (Å²) >= 11 is 0. The molecule has 0 heteroatoms. The van der Waals surface area contributed by atoms with E-state index >= 15 is 0 Å². The van der Waals surface area contributed by atoms with Gasteiger partial charge >= 0.3 is 0 Å². The molecule has 0 aliphatic heterocycles. The van der Waals surface area contributed by atoms with Crippen LogP contribution in [0.1, 0.15) is 96.8 Å². The highest BCUT2D eigenvalue weighted by molar-refractivity contribution is 5.20. The molecule has 0 radical (unpaired) electrons. The Labute approximate surface area is 114 Å². The summed E-state index contributed by atoms with van der Waals surface area (Å²) in [5.41, 5.74) is 3.85. The number of hydrogen-bond donors (Lipinski definition) is 0. The van der Waals surface area contributed by atoms with Crippen molar-refractivity contribution in [3.05, 3.63) is 11.1 Å². The van der Waals surface area contributed by atoms with E-state index in [2.05, 4.69) is 6.92 Å². The molecule has 0 saturated heterocycles. The Balaban J connectivity index is 1.89. The van der Waals surface area contributed by atoms with E-state index in [0.717, 1.165) is 5.92 Å². The molecule has 0 aromatic heterocycles. The first-order valence-electron chi connectivity index (χ1n) is 8.62. The second kappa shape index (κ2) is 8.02. The Bertz CT molecular complexity index is 255. The lowest BCUT2D eigenvalue weighted by molar-refractivity contribution is 0.381. The van der Waals surface area contributed by atoms with Gasteiger partial charge in [0, 0.05) is 0 Å². The molecule has 0 nitrogen and oxygen atoms in total. The van der Waals surface area contributed by atoms with E-state index in [1.807, 2.05) is 11.1 Å². The van der Waals surface area contributed by atoms with E-state index in [1.54, 1.807) is 0 Å². The molecule has 0 atom stereocenters. The van der Waals surface area contributed by atoms with Gasteiger partial charge in [-0.1, -0.05) is 56.6 Å². The fourth-order valence-corrected chi connectivity index (χ4v) is 3.99. The lowest BCUT2D eigenvalue weighted by Gasteiger charge is -2.30. The molecule has 0 unspecified atom stereocenters. The third-order valence-electron chi connectivity index (χ3n) is 5.06. The largest absolute Gasteiger partial charge is 0.0707 e. The Kier molecular flexibility index (Phi) is 6.31. The van der Waals surface area contributed by atoms with Gasteiger partial charge in [-0.2, -0.15) is 0 Å². The van der Waals surface area contributed by atoms with Crippen molar-refractivity contribution in [3.8, 4) is 0 Å². The first-order chi connectivity index (χ1) is 8.92. The van der Waals surface area contributed by atoms with E-state index in [-0.39, 0.29) is 0 Å². The van der Waals surface area contributed by atoms with Crippen LogP contribution in [0.4, 0.5) is 0 Å². The van der Waals surface area contributed by atoms with Crippen LogP contribution >= 0.6 is 0 Å². The maximum atomic E-state index is 2.31. The van der Waals surface area contributed by atoms with Crippen LogP contribution in [0.25, 0.3) is 0 Å². The topological polar surface area (TPSA) is 0 Å². The first-order valence-corrected chi connectivity index (χ1v) is 8.62. The van der Waals surface area contributed by atoms with Crippen molar-refractivity contribution < 1.29 is 0 Å². The van der Waals surface area contributed by atoms with E-state index in [1.165, 1.54) is 89.9 Å². The highest BCUT2D eigenvalue weighted by atomic mass is 14.3. The van der Waals surface area contributed by atoms with Gasteiger partial charge in [-0.15, -0.1) is 0 Å². The first kappa shape index (κ1) is 14.2. The fraction of sp³-hybridized carbons (Fsp3) is 0.889. The molecule has 0 aromatic carbocycles. The normalized spacial score (nSPS) is 22.5. The van der Waals surface area contributed by atoms with Gasteiger partial charge in [0.2, 0.25) is 0 Å². The molecule has 104 valence electrons. The van der Waals surface area contributed by atoms with Crippen LogP contribution in [-0.4, -0.2) is 0 Å². The van der Waals surface area contributed by atoms with Crippen molar-refractivity contribution in [3.63, 3.8) is 0 Å². The summed E-state index contributed by atoms with van der Waals surface area (Å²) in [6.45, 7) is 2.31. The summed E-state index contributed by atoms with van der Waals surface area (Å²) in [5.74, 6) is 1.00. The average molecular weight is 248 g/mol. The zero-order valence-electron chi connectivity index (χ0n) is 12.5. The van der Waals surface area contributed by atoms with E-state index in [9.17, 15) is 0 Å². The molecule has 1 saturated carbocycles. The number of rotatable bonds is 6. The Morgan fingerprint density at radius 2 is 1.61 bits per heavy atom. The summed E-state index contributed by atoms with van der Waals surface area (Å²) in [6, 6.07) is 0. The van der Waals surface area contributed by atoms with Crippen molar-refractivity contribution >= 4 is 0 Å². The molecule has 1 fully saturated rings. The van der Waals surface area contributed by atoms with Crippen LogP contribution in [-0.2, 0) is 0 Å². The van der Waals surface area contributed by atoms with Gasteiger partial charge in [-0.25, -0.2) is 0 Å². The summed E-state index contributed by atoms with van der Waals surface area (Å²) in [6.07, 6.45) is 20.5. The summed E-state index contributed by atoms with van der Waals surface area (Å²) in [7, 11) is 0.